The summed E-state index contributed by atoms with van der Waals surface area (Å²) in [7, 11) is 0. The fourth-order valence-electron chi connectivity index (χ4n) is 4.07. The summed E-state index contributed by atoms with van der Waals surface area (Å²) < 4.78 is 7.77. The van der Waals surface area contributed by atoms with E-state index in [0.717, 1.165) is 16.7 Å². The van der Waals surface area contributed by atoms with Crippen LogP contribution < -0.4 is 0 Å². The molecule has 0 N–H and O–H groups in total. The summed E-state index contributed by atoms with van der Waals surface area (Å²) in [5.74, 6) is -0.208. The lowest BCUT2D eigenvalue weighted by atomic mass is 9.66. The predicted octanol–water partition coefficient (Wildman–Crippen LogP) is 3.74. The first-order chi connectivity index (χ1) is 12.6. The number of carbonyl (C=O) groups is 1. The number of hydrogen-bond acceptors (Lipinski definition) is 3. The number of ether oxygens (including phenoxy) is 1. The summed E-state index contributed by atoms with van der Waals surface area (Å²) >= 11 is 0. The zero-order chi connectivity index (χ0) is 18.1. The molecule has 1 fully saturated rings. The van der Waals surface area contributed by atoms with Gasteiger partial charge in [0.15, 0.2) is 0 Å². The second-order valence-electron chi connectivity index (χ2n) is 7.01. The Hall–Kier alpha value is -2.88. The number of benzene rings is 2. The van der Waals surface area contributed by atoms with Gasteiger partial charge in [-0.05, 0) is 23.6 Å². The highest BCUT2D eigenvalue weighted by Gasteiger charge is 2.57. The molecule has 0 spiro atoms. The van der Waals surface area contributed by atoms with Crippen molar-refractivity contribution in [1.29, 1.82) is 0 Å². The van der Waals surface area contributed by atoms with E-state index in [-0.39, 0.29) is 18.0 Å². The van der Waals surface area contributed by atoms with E-state index in [1.165, 1.54) is 0 Å². The maximum absolute atomic E-state index is 13.3. The van der Waals surface area contributed by atoms with Gasteiger partial charge in [0.05, 0.1) is 12.7 Å². The first-order valence-electron chi connectivity index (χ1n) is 8.93. The van der Waals surface area contributed by atoms with Crippen LogP contribution in [0, 0.1) is 12.8 Å². The Bertz CT molecular complexity index is 863. The molecule has 0 bridgehead atoms. The number of cyclic esters (lactones) is 1. The Morgan fingerprint density at radius 1 is 1.04 bits per heavy atom. The zero-order valence-corrected chi connectivity index (χ0v) is 15.0. The quantitative estimate of drug-likeness (QED) is 0.676. The van der Waals surface area contributed by atoms with Crippen LogP contribution in [0.25, 0.3) is 0 Å². The normalized spacial score (nSPS) is 21.5. The van der Waals surface area contributed by atoms with Crippen LogP contribution in [0.2, 0.25) is 0 Å². The van der Waals surface area contributed by atoms with E-state index in [4.69, 9.17) is 4.74 Å². The van der Waals surface area contributed by atoms with Crippen molar-refractivity contribution in [3.05, 3.63) is 89.7 Å². The number of hydrogen-bond donors (Lipinski definition) is 0. The Labute approximate surface area is 153 Å². The van der Waals surface area contributed by atoms with E-state index in [9.17, 15) is 4.79 Å². The van der Waals surface area contributed by atoms with Crippen LogP contribution in [-0.2, 0) is 21.5 Å². The molecule has 4 nitrogen and oxygen atoms in total. The maximum Gasteiger partial charge on any atom is 0.321 e. The predicted molar refractivity (Wildman–Crippen MR) is 99.7 cm³/mol. The third kappa shape index (κ3) is 2.53. The molecule has 0 amide bonds. The lowest BCUT2D eigenvalue weighted by Crippen LogP contribution is -2.39. The van der Waals surface area contributed by atoms with Crippen molar-refractivity contribution in [2.24, 2.45) is 5.92 Å². The molecule has 26 heavy (non-hydrogen) atoms. The minimum Gasteiger partial charge on any atom is -0.459 e. The van der Waals surface area contributed by atoms with Crippen molar-refractivity contribution in [1.82, 2.24) is 9.78 Å². The van der Waals surface area contributed by atoms with Crippen molar-refractivity contribution in [3.8, 4) is 0 Å². The smallest absolute Gasteiger partial charge is 0.321 e. The summed E-state index contributed by atoms with van der Waals surface area (Å²) in [6.07, 6.45) is 3.57. The standard InChI is InChI=1S/C22H22N2O2/c1-16-13-23-24(14-16)15-20-17(2)22(21(25)26-20,18-9-5-3-6-10-18)19-11-7-4-8-12-19/h3-14,17,20H,15H2,1-2H3. The Kier molecular flexibility index (Phi) is 4.11. The SMILES string of the molecule is Cc1cnn(CC2OC(=O)C(c3ccccc3)(c3ccccc3)C2C)c1. The van der Waals surface area contributed by atoms with Gasteiger partial charge in [-0.2, -0.15) is 5.10 Å². The van der Waals surface area contributed by atoms with Gasteiger partial charge in [0.1, 0.15) is 11.5 Å². The second kappa shape index (κ2) is 6.45. The second-order valence-corrected chi connectivity index (χ2v) is 7.01. The molecule has 2 aromatic carbocycles. The first-order valence-corrected chi connectivity index (χ1v) is 8.93. The van der Waals surface area contributed by atoms with Crippen molar-refractivity contribution < 1.29 is 9.53 Å². The summed E-state index contributed by atoms with van der Waals surface area (Å²) in [5, 5.41) is 4.36. The third-order valence-corrected chi connectivity index (χ3v) is 5.41. The first kappa shape index (κ1) is 16.6. The minimum absolute atomic E-state index is 0.0238. The number of nitrogens with zero attached hydrogens (tertiary/aromatic N) is 2. The number of aromatic nitrogens is 2. The van der Waals surface area contributed by atoms with E-state index >= 15 is 0 Å². The van der Waals surface area contributed by atoms with E-state index < -0.39 is 5.41 Å². The highest BCUT2D eigenvalue weighted by Crippen LogP contribution is 2.47. The van der Waals surface area contributed by atoms with E-state index in [1.807, 2.05) is 84.7 Å². The van der Waals surface area contributed by atoms with Crippen molar-refractivity contribution >= 4 is 5.97 Å². The highest BCUT2D eigenvalue weighted by molar-refractivity contribution is 5.90. The van der Waals surface area contributed by atoms with Crippen molar-refractivity contribution in [2.45, 2.75) is 31.9 Å². The average Bonchev–Trinajstić information content (AvgIpc) is 3.18. The van der Waals surface area contributed by atoms with Gasteiger partial charge >= 0.3 is 5.97 Å². The van der Waals surface area contributed by atoms with Crippen LogP contribution in [0.5, 0.6) is 0 Å². The fraction of sp³-hybridized carbons (Fsp3) is 0.273. The van der Waals surface area contributed by atoms with Crippen molar-refractivity contribution in [3.63, 3.8) is 0 Å². The van der Waals surface area contributed by atoms with Crippen LogP contribution in [-0.4, -0.2) is 21.9 Å². The molecular weight excluding hydrogens is 324 g/mol. The van der Waals surface area contributed by atoms with Gasteiger partial charge in [0.2, 0.25) is 0 Å². The fourth-order valence-corrected chi connectivity index (χ4v) is 4.07. The van der Waals surface area contributed by atoms with Gasteiger partial charge in [-0.25, -0.2) is 0 Å². The molecule has 4 heteroatoms. The van der Waals surface area contributed by atoms with Crippen LogP contribution in [0.3, 0.4) is 0 Å². The number of carbonyl (C=O) groups excluding carboxylic acids is 1. The maximum atomic E-state index is 13.3. The molecular formula is C22H22N2O2. The van der Waals surface area contributed by atoms with Crippen LogP contribution in [0.15, 0.2) is 73.1 Å². The van der Waals surface area contributed by atoms with Gasteiger partial charge < -0.3 is 4.74 Å². The summed E-state index contributed by atoms with van der Waals surface area (Å²) in [4.78, 5) is 13.3. The molecule has 0 saturated carbocycles. The Morgan fingerprint density at radius 3 is 2.12 bits per heavy atom. The largest absolute Gasteiger partial charge is 0.459 e. The topological polar surface area (TPSA) is 44.1 Å². The van der Waals surface area contributed by atoms with Crippen molar-refractivity contribution in [2.75, 3.05) is 0 Å². The summed E-state index contributed by atoms with van der Waals surface area (Å²) in [5.41, 5.74) is 2.25. The average molecular weight is 346 g/mol. The van der Waals surface area contributed by atoms with E-state index in [1.54, 1.807) is 0 Å². The molecule has 1 aromatic heterocycles. The Morgan fingerprint density at radius 2 is 1.62 bits per heavy atom. The number of aryl methyl sites for hydroxylation is 1. The zero-order valence-electron chi connectivity index (χ0n) is 15.0. The van der Waals surface area contributed by atoms with Gasteiger partial charge in [0, 0.05) is 12.1 Å². The van der Waals surface area contributed by atoms with Crippen LogP contribution in [0.1, 0.15) is 23.6 Å². The number of esters is 1. The molecule has 2 heterocycles. The van der Waals surface area contributed by atoms with Gasteiger partial charge in [-0.15, -0.1) is 0 Å². The summed E-state index contributed by atoms with van der Waals surface area (Å²) in [6.45, 7) is 4.67. The molecule has 1 aliphatic rings. The lowest BCUT2D eigenvalue weighted by Gasteiger charge is -2.31. The monoisotopic (exact) mass is 346 g/mol. The van der Waals surface area contributed by atoms with E-state index in [0.29, 0.717) is 6.54 Å². The van der Waals surface area contributed by atoms with Gasteiger partial charge in [-0.3, -0.25) is 9.48 Å². The molecule has 3 aromatic rings. The molecule has 4 rings (SSSR count). The third-order valence-electron chi connectivity index (χ3n) is 5.41. The van der Waals surface area contributed by atoms with Gasteiger partial charge in [-0.1, -0.05) is 67.6 Å². The van der Waals surface area contributed by atoms with Gasteiger partial charge in [0.25, 0.3) is 0 Å². The molecule has 132 valence electrons. The molecule has 0 aliphatic carbocycles. The highest BCUT2D eigenvalue weighted by atomic mass is 16.6. The molecule has 2 atom stereocenters. The molecule has 0 radical (unpaired) electrons. The molecule has 1 aliphatic heterocycles. The summed E-state index contributed by atoms with van der Waals surface area (Å²) in [6, 6.07) is 19.9. The minimum atomic E-state index is -0.796. The molecule has 1 saturated heterocycles. The van der Waals surface area contributed by atoms with E-state index in [2.05, 4.69) is 12.0 Å². The Balaban J connectivity index is 1.79. The molecule has 2 unspecified atom stereocenters. The number of rotatable bonds is 4. The van der Waals surface area contributed by atoms with Crippen LogP contribution >= 0.6 is 0 Å². The van der Waals surface area contributed by atoms with Crippen LogP contribution in [0.4, 0.5) is 0 Å². The lowest BCUT2D eigenvalue weighted by molar-refractivity contribution is -0.145.